The van der Waals surface area contributed by atoms with Crippen LogP contribution in [0, 0.1) is 10.1 Å². The molecule has 10 heteroatoms. The summed E-state index contributed by atoms with van der Waals surface area (Å²) in [6.45, 7) is 4.72. The number of urea groups is 1. The van der Waals surface area contributed by atoms with Crippen LogP contribution in [0.4, 0.5) is 16.2 Å². The second-order valence-electron chi connectivity index (χ2n) is 11.7. The number of nitrogens with zero attached hydrogens (tertiary/aromatic N) is 1. The van der Waals surface area contributed by atoms with Gasteiger partial charge < -0.3 is 25.7 Å². The number of aromatic nitrogens is 1. The van der Waals surface area contributed by atoms with Crippen LogP contribution in [0.1, 0.15) is 57.1 Å². The van der Waals surface area contributed by atoms with Gasteiger partial charge >= 0.3 is 6.03 Å². The van der Waals surface area contributed by atoms with Gasteiger partial charge in [0.15, 0.2) is 0 Å². The van der Waals surface area contributed by atoms with Crippen molar-refractivity contribution in [3.8, 4) is 5.75 Å². The maximum atomic E-state index is 14.1. The quantitative estimate of drug-likeness (QED) is 0.114. The highest BCUT2D eigenvalue weighted by molar-refractivity contribution is 5.96. The highest BCUT2D eigenvalue weighted by Crippen LogP contribution is 2.40. The second kappa shape index (κ2) is 13.2. The lowest BCUT2D eigenvalue weighted by molar-refractivity contribution is -0.384. The summed E-state index contributed by atoms with van der Waals surface area (Å²) in [7, 11) is 0. The molecule has 1 aromatic heterocycles. The zero-order chi connectivity index (χ0) is 31.2. The van der Waals surface area contributed by atoms with E-state index in [1.165, 1.54) is 29.8 Å². The summed E-state index contributed by atoms with van der Waals surface area (Å²) in [5.41, 5.74) is 1.77. The monoisotopic (exact) mass is 597 g/mol. The molecule has 230 valence electrons. The normalized spacial score (nSPS) is 15.6. The molecule has 1 aliphatic rings. The van der Waals surface area contributed by atoms with Gasteiger partial charge in [-0.2, -0.15) is 0 Å². The third-order valence-electron chi connectivity index (χ3n) is 8.62. The number of nitro benzene ring substituents is 1. The van der Waals surface area contributed by atoms with Crippen LogP contribution in [0.2, 0.25) is 0 Å². The van der Waals surface area contributed by atoms with E-state index in [0.717, 1.165) is 54.3 Å². The van der Waals surface area contributed by atoms with Crippen molar-refractivity contribution >= 4 is 34.2 Å². The van der Waals surface area contributed by atoms with Gasteiger partial charge in [0.25, 0.3) is 5.69 Å². The van der Waals surface area contributed by atoms with Gasteiger partial charge in [0, 0.05) is 53.3 Å². The van der Waals surface area contributed by atoms with Crippen LogP contribution in [-0.2, 0) is 16.6 Å². The molecule has 1 atom stereocenters. The molecule has 3 amide bonds. The SMILES string of the molecule is CCOc1ccc(C2(CNC(=O)[C@](C)(Cc3c[nH]c4ccccc34)NC(=O)Nc3ccc([N+](=O)[O-])cc3)CCCCC2)cc1. The number of anilines is 1. The summed E-state index contributed by atoms with van der Waals surface area (Å²) in [4.78, 5) is 41.2. The minimum atomic E-state index is -1.31. The van der Waals surface area contributed by atoms with Gasteiger partial charge in [-0.3, -0.25) is 14.9 Å². The van der Waals surface area contributed by atoms with Crippen molar-refractivity contribution in [3.63, 3.8) is 0 Å². The zero-order valence-corrected chi connectivity index (χ0v) is 25.2. The molecule has 0 spiro atoms. The summed E-state index contributed by atoms with van der Waals surface area (Å²) in [6.07, 6.45) is 7.33. The number of aromatic amines is 1. The fraction of sp³-hybridized carbons (Fsp3) is 0.353. The van der Waals surface area contributed by atoms with Crippen molar-refractivity contribution in [2.45, 2.75) is 63.3 Å². The molecule has 1 saturated carbocycles. The molecule has 0 aliphatic heterocycles. The molecule has 5 rings (SSSR count). The number of nitrogens with one attached hydrogen (secondary N) is 4. The molecule has 0 radical (unpaired) electrons. The summed E-state index contributed by atoms with van der Waals surface area (Å²) in [5, 5.41) is 20.9. The van der Waals surface area contributed by atoms with Crippen LogP contribution in [0.3, 0.4) is 0 Å². The summed E-state index contributed by atoms with van der Waals surface area (Å²) in [6, 6.07) is 21.0. The van der Waals surface area contributed by atoms with Crippen LogP contribution >= 0.6 is 0 Å². The van der Waals surface area contributed by atoms with Crippen LogP contribution in [0.25, 0.3) is 10.9 Å². The Morgan fingerprint density at radius 1 is 1.00 bits per heavy atom. The van der Waals surface area contributed by atoms with E-state index in [-0.39, 0.29) is 23.4 Å². The van der Waals surface area contributed by atoms with Gasteiger partial charge in [0.05, 0.1) is 11.5 Å². The van der Waals surface area contributed by atoms with Crippen molar-refractivity contribution in [1.82, 2.24) is 15.6 Å². The topological polar surface area (TPSA) is 138 Å². The van der Waals surface area contributed by atoms with E-state index in [0.29, 0.717) is 18.8 Å². The first-order valence-corrected chi connectivity index (χ1v) is 15.1. The average Bonchev–Trinajstić information content (AvgIpc) is 3.43. The fourth-order valence-electron chi connectivity index (χ4n) is 6.23. The largest absolute Gasteiger partial charge is 0.494 e. The summed E-state index contributed by atoms with van der Waals surface area (Å²) in [5.74, 6) is 0.526. The smallest absolute Gasteiger partial charge is 0.320 e. The number of amides is 3. The molecule has 0 saturated heterocycles. The van der Waals surface area contributed by atoms with Gasteiger partial charge in [0.2, 0.25) is 5.91 Å². The number of non-ortho nitro benzene ring substituents is 1. The highest BCUT2D eigenvalue weighted by atomic mass is 16.6. The molecule has 1 heterocycles. The number of H-pyrrole nitrogens is 1. The van der Waals surface area contributed by atoms with Gasteiger partial charge in [-0.1, -0.05) is 49.6 Å². The maximum Gasteiger partial charge on any atom is 0.320 e. The number of carbonyl (C=O) groups is 2. The minimum absolute atomic E-state index is 0.0799. The van der Waals surface area contributed by atoms with Crippen molar-refractivity contribution in [3.05, 3.63) is 100 Å². The van der Waals surface area contributed by atoms with E-state index in [1.807, 2.05) is 49.5 Å². The molecule has 44 heavy (non-hydrogen) atoms. The Balaban J connectivity index is 1.38. The number of benzene rings is 3. The van der Waals surface area contributed by atoms with Crippen molar-refractivity contribution in [2.75, 3.05) is 18.5 Å². The van der Waals surface area contributed by atoms with Gasteiger partial charge in [-0.25, -0.2) is 4.79 Å². The van der Waals surface area contributed by atoms with E-state index < -0.39 is 16.5 Å². The molecular formula is C34H39N5O5. The number of ether oxygens (including phenoxy) is 1. The Labute approximate surface area is 256 Å². The van der Waals surface area contributed by atoms with Crippen molar-refractivity contribution in [2.24, 2.45) is 0 Å². The molecule has 1 fully saturated rings. The highest BCUT2D eigenvalue weighted by Gasteiger charge is 2.39. The number of fused-ring (bicyclic) bond motifs is 1. The molecule has 10 nitrogen and oxygen atoms in total. The number of carbonyl (C=O) groups excluding carboxylic acids is 2. The van der Waals surface area contributed by atoms with E-state index in [9.17, 15) is 19.7 Å². The van der Waals surface area contributed by atoms with Crippen molar-refractivity contribution in [1.29, 1.82) is 0 Å². The number of para-hydroxylation sites is 1. The minimum Gasteiger partial charge on any atom is -0.494 e. The molecule has 1 aliphatic carbocycles. The van der Waals surface area contributed by atoms with Crippen LogP contribution in [0.15, 0.2) is 79.0 Å². The van der Waals surface area contributed by atoms with Crippen LogP contribution < -0.4 is 20.7 Å². The molecule has 3 aromatic carbocycles. The average molecular weight is 598 g/mol. The Bertz CT molecular complexity index is 1610. The Morgan fingerprint density at radius 3 is 2.39 bits per heavy atom. The van der Waals surface area contributed by atoms with E-state index >= 15 is 0 Å². The van der Waals surface area contributed by atoms with E-state index in [4.69, 9.17) is 4.74 Å². The Hall–Kier alpha value is -4.86. The maximum absolute atomic E-state index is 14.1. The Morgan fingerprint density at radius 2 is 1.70 bits per heavy atom. The third kappa shape index (κ3) is 6.85. The molecule has 0 unspecified atom stereocenters. The molecule has 4 aromatic rings. The zero-order valence-electron chi connectivity index (χ0n) is 25.2. The Kier molecular flexibility index (Phi) is 9.18. The van der Waals surface area contributed by atoms with Crippen LogP contribution in [-0.4, -0.2) is 40.5 Å². The fourth-order valence-corrected chi connectivity index (χ4v) is 6.23. The van der Waals surface area contributed by atoms with Gasteiger partial charge in [-0.05, 0) is 68.1 Å². The summed E-state index contributed by atoms with van der Waals surface area (Å²) >= 11 is 0. The van der Waals surface area contributed by atoms with E-state index in [1.54, 1.807) is 6.92 Å². The lowest BCUT2D eigenvalue weighted by Gasteiger charge is -2.39. The predicted molar refractivity (Wildman–Crippen MR) is 171 cm³/mol. The van der Waals surface area contributed by atoms with Crippen molar-refractivity contribution < 1.29 is 19.2 Å². The number of hydrogen-bond donors (Lipinski definition) is 4. The standard InChI is InChI=1S/C34H39N5O5/c1-3-44-28-17-11-25(12-18-28)34(19-7-4-8-20-34)23-36-31(40)33(2,21-24-22-35-30-10-6-5-9-29(24)30)38-32(41)37-26-13-15-27(16-14-26)39(42)43/h5-6,9-18,22,35H,3-4,7-8,19-21,23H2,1-2H3,(H,36,40)(H2,37,38,41)/t33-/m0/s1. The number of rotatable bonds is 11. The molecular weight excluding hydrogens is 558 g/mol. The van der Waals surface area contributed by atoms with E-state index in [2.05, 4.69) is 33.1 Å². The lowest BCUT2D eigenvalue weighted by atomic mass is 9.69. The summed E-state index contributed by atoms with van der Waals surface area (Å²) < 4.78 is 5.65. The number of hydrogen-bond acceptors (Lipinski definition) is 5. The third-order valence-corrected chi connectivity index (χ3v) is 8.62. The predicted octanol–water partition coefficient (Wildman–Crippen LogP) is 6.62. The first-order valence-electron chi connectivity index (χ1n) is 15.1. The van der Waals surface area contributed by atoms with Gasteiger partial charge in [0.1, 0.15) is 11.3 Å². The second-order valence-corrected chi connectivity index (χ2v) is 11.7. The number of nitro groups is 1. The lowest BCUT2D eigenvalue weighted by Crippen LogP contribution is -2.60. The first-order chi connectivity index (χ1) is 21.2. The molecule has 0 bridgehead atoms. The molecule has 4 N–H and O–H groups in total. The first kappa shape index (κ1) is 30.6. The van der Waals surface area contributed by atoms with Gasteiger partial charge in [-0.15, -0.1) is 0 Å². The van der Waals surface area contributed by atoms with Crippen LogP contribution in [0.5, 0.6) is 5.75 Å².